The van der Waals surface area contributed by atoms with Gasteiger partial charge in [-0.3, -0.25) is 0 Å². The van der Waals surface area contributed by atoms with Gasteiger partial charge in [-0.25, -0.2) is 4.98 Å². The fraction of sp³-hybridized carbons (Fsp3) is 0.308. The second kappa shape index (κ2) is 5.69. The Kier molecular flexibility index (Phi) is 4.22. The van der Waals surface area contributed by atoms with Crippen LogP contribution in [0.3, 0.4) is 0 Å². The zero-order valence-electron chi connectivity index (χ0n) is 10.3. The van der Waals surface area contributed by atoms with Crippen molar-refractivity contribution in [2.75, 3.05) is 0 Å². The summed E-state index contributed by atoms with van der Waals surface area (Å²) in [5.74, 6) is 0.659. The second-order valence-corrected chi connectivity index (χ2v) is 5.59. The van der Waals surface area contributed by atoms with Gasteiger partial charge in [-0.1, -0.05) is 17.7 Å². The summed E-state index contributed by atoms with van der Waals surface area (Å²) in [6.45, 7) is 4.32. The van der Waals surface area contributed by atoms with E-state index in [9.17, 15) is 0 Å². The van der Waals surface area contributed by atoms with Crippen molar-refractivity contribution in [3.63, 3.8) is 0 Å². The number of benzene rings is 1. The van der Waals surface area contributed by atoms with E-state index in [2.05, 4.69) is 4.98 Å². The van der Waals surface area contributed by atoms with Crippen LogP contribution in [0.25, 0.3) is 0 Å². The minimum atomic E-state index is -0.0299. The van der Waals surface area contributed by atoms with Crippen molar-refractivity contribution in [3.8, 4) is 5.75 Å². The number of aryl methyl sites for hydroxylation is 1. The Morgan fingerprint density at radius 3 is 2.83 bits per heavy atom. The molecule has 0 spiro atoms. The van der Waals surface area contributed by atoms with Gasteiger partial charge in [-0.15, -0.1) is 11.3 Å². The summed E-state index contributed by atoms with van der Waals surface area (Å²) in [4.78, 5) is 4.33. The third-order valence-electron chi connectivity index (χ3n) is 2.52. The molecule has 0 radical (unpaired) electrons. The lowest BCUT2D eigenvalue weighted by Gasteiger charge is -2.10. The summed E-state index contributed by atoms with van der Waals surface area (Å²) in [6, 6.07) is 5.59. The van der Waals surface area contributed by atoms with Crippen molar-refractivity contribution in [1.82, 2.24) is 4.98 Å². The van der Waals surface area contributed by atoms with E-state index < -0.39 is 0 Å². The lowest BCUT2D eigenvalue weighted by atomic mass is 10.1. The summed E-state index contributed by atoms with van der Waals surface area (Å²) in [5, 5.41) is 3.60. The van der Waals surface area contributed by atoms with Crippen LogP contribution < -0.4 is 10.5 Å². The highest BCUT2D eigenvalue weighted by molar-refractivity contribution is 7.09. The molecule has 1 heterocycles. The topological polar surface area (TPSA) is 48.1 Å². The number of hydrogen-bond donors (Lipinski definition) is 1. The van der Waals surface area contributed by atoms with Crippen LogP contribution in [0.4, 0.5) is 0 Å². The van der Waals surface area contributed by atoms with Crippen LogP contribution in [-0.2, 0) is 6.61 Å². The third-order valence-corrected chi connectivity index (χ3v) is 3.64. The minimum Gasteiger partial charge on any atom is -0.486 e. The number of halogens is 1. The molecule has 0 saturated heterocycles. The summed E-state index contributed by atoms with van der Waals surface area (Å²) in [7, 11) is 0. The highest BCUT2D eigenvalue weighted by Crippen LogP contribution is 2.28. The average molecular weight is 283 g/mol. The highest BCUT2D eigenvalue weighted by Gasteiger charge is 2.07. The quantitative estimate of drug-likeness (QED) is 0.930. The van der Waals surface area contributed by atoms with Crippen LogP contribution in [0.2, 0.25) is 5.02 Å². The van der Waals surface area contributed by atoms with Crippen molar-refractivity contribution >= 4 is 22.9 Å². The van der Waals surface area contributed by atoms with E-state index in [4.69, 9.17) is 22.1 Å². The molecule has 0 saturated carbocycles. The molecule has 0 aliphatic carbocycles. The molecule has 1 atom stereocenters. The Hall–Kier alpha value is -1.10. The van der Waals surface area contributed by atoms with Gasteiger partial charge in [0.05, 0.1) is 15.7 Å². The predicted octanol–water partition coefficient (Wildman–Crippen LogP) is 3.70. The van der Waals surface area contributed by atoms with Gasteiger partial charge in [-0.05, 0) is 31.5 Å². The van der Waals surface area contributed by atoms with E-state index >= 15 is 0 Å². The molecule has 3 nitrogen and oxygen atoms in total. The second-order valence-electron chi connectivity index (χ2n) is 4.13. The molecule has 0 unspecified atom stereocenters. The summed E-state index contributed by atoms with van der Waals surface area (Å²) in [6.07, 6.45) is 0. The summed E-state index contributed by atoms with van der Waals surface area (Å²) in [5.41, 5.74) is 7.71. The largest absolute Gasteiger partial charge is 0.486 e. The number of nitrogens with two attached hydrogens (primary N) is 1. The molecule has 96 valence electrons. The van der Waals surface area contributed by atoms with E-state index in [1.54, 1.807) is 11.3 Å². The van der Waals surface area contributed by atoms with Crippen LogP contribution in [0.5, 0.6) is 5.75 Å². The fourth-order valence-electron chi connectivity index (χ4n) is 1.54. The zero-order chi connectivity index (χ0) is 13.1. The Bertz CT molecular complexity index is 540. The number of aromatic nitrogens is 1. The van der Waals surface area contributed by atoms with Crippen molar-refractivity contribution in [3.05, 3.63) is 44.9 Å². The Labute approximate surface area is 116 Å². The number of ether oxygens (including phenoxy) is 1. The number of nitrogens with zero attached hydrogens (tertiary/aromatic N) is 1. The van der Waals surface area contributed by atoms with Gasteiger partial charge in [0.15, 0.2) is 0 Å². The molecule has 2 N–H and O–H groups in total. The number of rotatable bonds is 4. The monoisotopic (exact) mass is 282 g/mol. The maximum absolute atomic E-state index is 6.15. The van der Waals surface area contributed by atoms with Crippen molar-refractivity contribution < 1.29 is 4.74 Å². The predicted molar refractivity (Wildman–Crippen MR) is 75.2 cm³/mol. The molecular weight excluding hydrogens is 268 g/mol. The maximum atomic E-state index is 6.15. The van der Waals surface area contributed by atoms with Gasteiger partial charge in [0, 0.05) is 11.4 Å². The van der Waals surface area contributed by atoms with Gasteiger partial charge in [0.1, 0.15) is 12.4 Å². The van der Waals surface area contributed by atoms with Crippen LogP contribution >= 0.6 is 22.9 Å². The molecule has 0 bridgehead atoms. The molecule has 2 rings (SSSR count). The number of hydrogen-bond acceptors (Lipinski definition) is 4. The molecule has 1 aromatic carbocycles. The molecule has 2 aromatic rings. The first-order valence-corrected chi connectivity index (χ1v) is 6.91. The lowest BCUT2D eigenvalue weighted by Crippen LogP contribution is -2.05. The standard InChI is InChI=1S/C13H15ClN2OS/c1-8(15)10-3-4-13(12(14)5-10)17-6-11-7-18-9(2)16-11/h3-5,7-8H,6,15H2,1-2H3/t8-/m1/s1. The van der Waals surface area contributed by atoms with Gasteiger partial charge >= 0.3 is 0 Å². The first kappa shape index (κ1) is 13.3. The molecule has 0 aliphatic rings. The van der Waals surface area contributed by atoms with Crippen LogP contribution in [0.15, 0.2) is 23.6 Å². The van der Waals surface area contributed by atoms with E-state index in [1.165, 1.54) is 0 Å². The van der Waals surface area contributed by atoms with E-state index in [-0.39, 0.29) is 6.04 Å². The Morgan fingerprint density at radius 1 is 1.50 bits per heavy atom. The minimum absolute atomic E-state index is 0.0299. The maximum Gasteiger partial charge on any atom is 0.138 e. The molecule has 1 aromatic heterocycles. The van der Waals surface area contributed by atoms with E-state index in [1.807, 2.05) is 37.4 Å². The average Bonchev–Trinajstić information content (AvgIpc) is 2.73. The Morgan fingerprint density at radius 2 is 2.28 bits per heavy atom. The normalized spacial score (nSPS) is 12.4. The van der Waals surface area contributed by atoms with Crippen molar-refractivity contribution in [2.24, 2.45) is 5.73 Å². The molecule has 0 fully saturated rings. The van der Waals surface area contributed by atoms with Crippen LogP contribution in [0, 0.1) is 6.92 Å². The summed E-state index contributed by atoms with van der Waals surface area (Å²) < 4.78 is 5.64. The summed E-state index contributed by atoms with van der Waals surface area (Å²) >= 11 is 7.76. The van der Waals surface area contributed by atoms with Gasteiger partial charge in [-0.2, -0.15) is 0 Å². The number of thiazole rings is 1. The Balaban J connectivity index is 2.05. The van der Waals surface area contributed by atoms with Crippen LogP contribution in [-0.4, -0.2) is 4.98 Å². The third kappa shape index (κ3) is 3.22. The van der Waals surface area contributed by atoms with Crippen LogP contribution in [0.1, 0.15) is 29.2 Å². The van der Waals surface area contributed by atoms with Crippen molar-refractivity contribution in [1.29, 1.82) is 0 Å². The first-order valence-electron chi connectivity index (χ1n) is 5.65. The van der Waals surface area contributed by atoms with E-state index in [0.29, 0.717) is 17.4 Å². The molecule has 0 aliphatic heterocycles. The molecule has 18 heavy (non-hydrogen) atoms. The molecule has 5 heteroatoms. The smallest absolute Gasteiger partial charge is 0.138 e. The lowest BCUT2D eigenvalue weighted by molar-refractivity contribution is 0.302. The highest BCUT2D eigenvalue weighted by atomic mass is 35.5. The molecule has 0 amide bonds. The van der Waals surface area contributed by atoms with Gasteiger partial charge in [0.2, 0.25) is 0 Å². The SMILES string of the molecule is Cc1nc(COc2ccc([C@@H](C)N)cc2Cl)cs1. The first-order chi connectivity index (χ1) is 8.56. The van der Waals surface area contributed by atoms with E-state index in [0.717, 1.165) is 16.3 Å². The van der Waals surface area contributed by atoms with Gasteiger partial charge in [0.25, 0.3) is 0 Å². The molecular formula is C13H15ClN2OS. The zero-order valence-corrected chi connectivity index (χ0v) is 11.9. The van der Waals surface area contributed by atoms with Crippen molar-refractivity contribution in [2.45, 2.75) is 26.5 Å². The van der Waals surface area contributed by atoms with Gasteiger partial charge < -0.3 is 10.5 Å². The fourth-order valence-corrected chi connectivity index (χ4v) is 2.38.